The number of nitrogens with one attached hydrogen (secondary N) is 1. The van der Waals surface area contributed by atoms with Gasteiger partial charge in [0.25, 0.3) is 5.91 Å². The van der Waals surface area contributed by atoms with Crippen LogP contribution < -0.4 is 5.32 Å². The van der Waals surface area contributed by atoms with E-state index in [1.165, 1.54) is 6.07 Å². The first kappa shape index (κ1) is 5.10. The second-order valence-corrected chi connectivity index (χ2v) is 3.15. The summed E-state index contributed by atoms with van der Waals surface area (Å²) in [5.41, 5.74) is -0.171. The predicted octanol–water partition coefficient (Wildman–Crippen LogP) is 2.34. The van der Waals surface area contributed by atoms with Crippen LogP contribution in [0.15, 0.2) is 22.7 Å². The minimum Gasteiger partial charge on any atom is -0.352 e. The highest BCUT2D eigenvalue weighted by Crippen LogP contribution is 2.14. The van der Waals surface area contributed by atoms with Crippen LogP contribution in [0, 0.1) is 5.82 Å². The fourth-order valence-electron chi connectivity index (χ4n) is 0.814. The highest BCUT2D eigenvalue weighted by molar-refractivity contribution is 9.10. The summed E-state index contributed by atoms with van der Waals surface area (Å²) < 4.78 is 48.6. The van der Waals surface area contributed by atoms with Crippen molar-refractivity contribution in [1.82, 2.24) is 5.32 Å². The van der Waals surface area contributed by atoms with Gasteiger partial charge in [-0.15, -0.1) is 0 Å². The number of hydrogen-bond donors (Lipinski definition) is 1. The third kappa shape index (κ3) is 2.81. The number of carbonyl (C=O) groups excluding carboxylic acids is 1. The van der Waals surface area contributed by atoms with Crippen LogP contribution in [-0.4, -0.2) is 12.4 Å². The lowest BCUT2D eigenvalue weighted by atomic mass is 10.2. The van der Waals surface area contributed by atoms with Crippen LogP contribution in [0.5, 0.6) is 0 Å². The van der Waals surface area contributed by atoms with Gasteiger partial charge in [0.15, 0.2) is 0 Å². The predicted molar refractivity (Wildman–Crippen MR) is 52.1 cm³/mol. The topological polar surface area (TPSA) is 29.1 Å². The highest BCUT2D eigenvalue weighted by Gasteiger charge is 2.06. The molecule has 1 N–H and O–H groups in total. The summed E-state index contributed by atoms with van der Waals surface area (Å²) in [6, 6.07) is 3.26. The number of amides is 1. The Morgan fingerprint density at radius 3 is 3.15 bits per heavy atom. The van der Waals surface area contributed by atoms with Crippen molar-refractivity contribution in [2.75, 3.05) is 6.50 Å². The molecule has 70 valence electrons. The third-order valence-corrected chi connectivity index (χ3v) is 1.76. The second kappa shape index (κ2) is 4.37. The molecule has 0 heterocycles. The van der Waals surface area contributed by atoms with Gasteiger partial charge in [0.2, 0.25) is 0 Å². The molecule has 1 rings (SSSR count). The molecule has 0 bridgehead atoms. The van der Waals surface area contributed by atoms with Gasteiger partial charge in [0.05, 0.1) is 0 Å². The maximum absolute atomic E-state index is 13.0. The molecule has 0 unspecified atom stereocenters. The first-order valence-corrected chi connectivity index (χ1v) is 4.11. The number of benzene rings is 1. The van der Waals surface area contributed by atoms with Crippen LogP contribution in [0.2, 0.25) is 0 Å². The average Bonchev–Trinajstić information content (AvgIpc) is 2.13. The smallest absolute Gasteiger partial charge is 0.251 e. The molecular weight excluding hydrogens is 237 g/mol. The van der Waals surface area contributed by atoms with Gasteiger partial charge < -0.3 is 5.32 Å². The Bertz CT molecular complexity index is 456. The van der Waals surface area contributed by atoms with Gasteiger partial charge >= 0.3 is 0 Å². The second-order valence-electron chi connectivity index (χ2n) is 2.24. The molecule has 0 saturated carbocycles. The van der Waals surface area contributed by atoms with E-state index in [0.717, 1.165) is 12.1 Å². The summed E-state index contributed by atoms with van der Waals surface area (Å²) in [6.45, 7) is -5.89. The molecule has 0 aliphatic rings. The van der Waals surface area contributed by atoms with Crippen LogP contribution in [0.3, 0.4) is 0 Å². The lowest BCUT2D eigenvalue weighted by Crippen LogP contribution is -2.22. The van der Waals surface area contributed by atoms with Crippen LogP contribution >= 0.6 is 15.9 Å². The van der Waals surface area contributed by atoms with Crippen LogP contribution in [0.25, 0.3) is 0 Å². The van der Waals surface area contributed by atoms with Gasteiger partial charge in [-0.1, -0.05) is 15.9 Å². The molecule has 0 aliphatic carbocycles. The number of rotatable bonds is 2. The van der Waals surface area contributed by atoms with Crippen molar-refractivity contribution in [2.24, 2.45) is 0 Å². The molecule has 0 radical (unpaired) electrons. The van der Waals surface area contributed by atoms with Crippen LogP contribution in [-0.2, 0) is 0 Å². The SMILES string of the molecule is [2H]C([2H])([2H])C([2H])([2H])NC(=O)c1cc(F)cc(Br)c1. The molecule has 0 fully saturated rings. The lowest BCUT2D eigenvalue weighted by molar-refractivity contribution is 0.0955. The van der Waals surface area contributed by atoms with Crippen molar-refractivity contribution < 1.29 is 16.0 Å². The molecule has 13 heavy (non-hydrogen) atoms. The Morgan fingerprint density at radius 1 is 1.77 bits per heavy atom. The Kier molecular flexibility index (Phi) is 1.71. The minimum atomic E-state index is -3.01. The molecule has 1 aromatic rings. The van der Waals surface area contributed by atoms with Crippen molar-refractivity contribution >= 4 is 21.8 Å². The van der Waals surface area contributed by atoms with Gasteiger partial charge in [0.1, 0.15) is 5.82 Å². The first-order chi connectivity index (χ1) is 8.03. The van der Waals surface area contributed by atoms with Crippen LogP contribution in [0.4, 0.5) is 4.39 Å². The zero-order chi connectivity index (χ0) is 14.1. The normalized spacial score (nSPS) is 17.5. The molecular formula is C9H9BrFNO. The number of hydrogen-bond acceptors (Lipinski definition) is 1. The Hall–Kier alpha value is -0.900. The number of carbonyl (C=O) groups is 1. The first-order valence-electron chi connectivity index (χ1n) is 5.81. The largest absolute Gasteiger partial charge is 0.352 e. The molecule has 1 amide bonds. The maximum atomic E-state index is 13.0. The summed E-state index contributed by atoms with van der Waals surface area (Å²) in [6.07, 6.45) is 0. The van der Waals surface area contributed by atoms with Crippen molar-refractivity contribution in [3.8, 4) is 0 Å². The molecule has 4 heteroatoms. The molecule has 2 nitrogen and oxygen atoms in total. The molecule has 0 spiro atoms. The third-order valence-electron chi connectivity index (χ3n) is 1.30. The van der Waals surface area contributed by atoms with Crippen LogP contribution in [0.1, 0.15) is 24.1 Å². The van der Waals surface area contributed by atoms with E-state index in [-0.39, 0.29) is 5.56 Å². The summed E-state index contributed by atoms with van der Waals surface area (Å²) in [5, 5.41) is 1.71. The Labute approximate surface area is 91.3 Å². The lowest BCUT2D eigenvalue weighted by Gasteiger charge is -2.02. The van der Waals surface area contributed by atoms with Gasteiger partial charge in [-0.2, -0.15) is 0 Å². The van der Waals surface area contributed by atoms with Crippen molar-refractivity contribution in [2.45, 2.75) is 6.85 Å². The summed E-state index contributed by atoms with van der Waals surface area (Å²) in [7, 11) is 0. The average molecular weight is 251 g/mol. The van der Waals surface area contributed by atoms with E-state index in [2.05, 4.69) is 15.9 Å². The summed E-state index contributed by atoms with van der Waals surface area (Å²) in [4.78, 5) is 11.6. The summed E-state index contributed by atoms with van der Waals surface area (Å²) >= 11 is 2.98. The van der Waals surface area contributed by atoms with E-state index in [0.29, 0.717) is 4.47 Å². The Balaban J connectivity index is 2.96. The maximum Gasteiger partial charge on any atom is 0.251 e. The van der Waals surface area contributed by atoms with Crippen molar-refractivity contribution in [1.29, 1.82) is 0 Å². The zero-order valence-corrected chi connectivity index (χ0v) is 7.98. The highest BCUT2D eigenvalue weighted by atomic mass is 79.9. The van der Waals surface area contributed by atoms with Gasteiger partial charge in [-0.3, -0.25) is 4.79 Å². The summed E-state index contributed by atoms with van der Waals surface area (Å²) in [5.74, 6) is -1.69. The molecule has 0 aromatic heterocycles. The van der Waals surface area contributed by atoms with E-state index in [4.69, 9.17) is 6.85 Å². The molecule has 1 aromatic carbocycles. The van der Waals surface area contributed by atoms with E-state index >= 15 is 0 Å². The van der Waals surface area contributed by atoms with Crippen molar-refractivity contribution in [3.05, 3.63) is 34.1 Å². The molecule has 0 aliphatic heterocycles. The van der Waals surface area contributed by atoms with E-state index in [1.54, 1.807) is 5.32 Å². The van der Waals surface area contributed by atoms with E-state index in [1.807, 2.05) is 0 Å². The Morgan fingerprint density at radius 2 is 2.54 bits per heavy atom. The fraction of sp³-hybridized carbons (Fsp3) is 0.222. The number of halogens is 2. The van der Waals surface area contributed by atoms with E-state index < -0.39 is 25.1 Å². The molecule has 0 saturated heterocycles. The zero-order valence-electron chi connectivity index (χ0n) is 11.4. The van der Waals surface area contributed by atoms with Gasteiger partial charge in [-0.25, -0.2) is 4.39 Å². The van der Waals surface area contributed by atoms with Gasteiger partial charge in [-0.05, 0) is 25.1 Å². The quantitative estimate of drug-likeness (QED) is 0.858. The standard InChI is InChI=1S/C9H9BrFNO/c1-2-12-9(13)6-3-7(10)5-8(11)4-6/h3-5H,2H2,1H3,(H,12,13)/i1D3,2D2. The van der Waals surface area contributed by atoms with E-state index in [9.17, 15) is 9.18 Å². The van der Waals surface area contributed by atoms with Gasteiger partial charge in [0, 0.05) is 23.4 Å². The monoisotopic (exact) mass is 250 g/mol. The van der Waals surface area contributed by atoms with Crippen molar-refractivity contribution in [3.63, 3.8) is 0 Å². The minimum absolute atomic E-state index is 0.171. The molecule has 0 atom stereocenters. The fourth-order valence-corrected chi connectivity index (χ4v) is 1.28.